The van der Waals surface area contributed by atoms with Gasteiger partial charge in [-0.15, -0.1) is 0 Å². The van der Waals surface area contributed by atoms with E-state index < -0.39 is 9.84 Å². The molecule has 1 saturated heterocycles. The number of benzene rings is 2. The van der Waals surface area contributed by atoms with E-state index in [1.807, 2.05) is 43.3 Å². The van der Waals surface area contributed by atoms with Crippen LogP contribution in [0.1, 0.15) is 12.0 Å². The van der Waals surface area contributed by atoms with Gasteiger partial charge in [0.2, 0.25) is 5.91 Å². The molecule has 2 aromatic carbocycles. The van der Waals surface area contributed by atoms with Crippen LogP contribution in [0.25, 0.3) is 0 Å². The summed E-state index contributed by atoms with van der Waals surface area (Å²) in [4.78, 5) is 14.7. The molecule has 0 bridgehead atoms. The van der Waals surface area contributed by atoms with Crippen molar-refractivity contribution in [1.82, 2.24) is 0 Å². The zero-order valence-electron chi connectivity index (χ0n) is 16.8. The maximum Gasteiger partial charge on any atom is 0.246 e. The molecule has 7 nitrogen and oxygen atoms in total. The number of anilines is 2. The molecule has 1 N–H and O–H groups in total. The lowest BCUT2D eigenvalue weighted by atomic mass is 10.1. The van der Waals surface area contributed by atoms with Crippen molar-refractivity contribution in [2.24, 2.45) is 0 Å². The normalized spacial score (nSPS) is 17.6. The maximum atomic E-state index is 13.1. The van der Waals surface area contributed by atoms with Crippen LogP contribution in [0.15, 0.2) is 42.5 Å². The van der Waals surface area contributed by atoms with Crippen LogP contribution < -0.4 is 19.7 Å². The van der Waals surface area contributed by atoms with E-state index in [9.17, 15) is 13.2 Å². The number of nitrogens with one attached hydrogen (secondary N) is 1. The summed E-state index contributed by atoms with van der Waals surface area (Å²) in [5.74, 6) is 1.09. The first-order chi connectivity index (χ1) is 13.8. The third-order valence-electron chi connectivity index (χ3n) is 5.04. The van der Waals surface area contributed by atoms with Crippen LogP contribution in [0.4, 0.5) is 11.4 Å². The summed E-state index contributed by atoms with van der Waals surface area (Å²) >= 11 is 0. The standard InChI is InChI=1S/C21H26N2O5S/c1-15-11-19(27-2)20(28-3)12-18(15)22-13-21(24)23(16-7-5-4-6-8-16)17-9-10-29(25,26)14-17/h4-8,11-12,17,22H,9-10,13-14H2,1-3H3/t17-/m1/s1. The fourth-order valence-electron chi connectivity index (χ4n) is 3.55. The van der Waals surface area contributed by atoms with Crippen LogP contribution in [0.3, 0.4) is 0 Å². The van der Waals surface area contributed by atoms with Crippen molar-refractivity contribution in [3.63, 3.8) is 0 Å². The van der Waals surface area contributed by atoms with Crippen molar-refractivity contribution in [2.45, 2.75) is 19.4 Å². The van der Waals surface area contributed by atoms with Gasteiger partial charge in [-0.05, 0) is 37.1 Å². The molecule has 8 heteroatoms. The van der Waals surface area contributed by atoms with E-state index in [-0.39, 0.29) is 30.0 Å². The molecular formula is C21H26N2O5S. The second kappa shape index (κ2) is 8.73. The second-order valence-electron chi connectivity index (χ2n) is 7.03. The van der Waals surface area contributed by atoms with Gasteiger partial charge in [-0.25, -0.2) is 8.42 Å². The maximum absolute atomic E-state index is 13.1. The lowest BCUT2D eigenvalue weighted by Crippen LogP contribution is -2.44. The molecule has 1 atom stereocenters. The minimum Gasteiger partial charge on any atom is -0.493 e. The summed E-state index contributed by atoms with van der Waals surface area (Å²) in [5.41, 5.74) is 2.36. The highest BCUT2D eigenvalue weighted by molar-refractivity contribution is 7.91. The molecule has 0 aliphatic carbocycles. The number of amides is 1. The van der Waals surface area contributed by atoms with Crippen molar-refractivity contribution in [2.75, 3.05) is 42.5 Å². The van der Waals surface area contributed by atoms with E-state index >= 15 is 0 Å². The Bertz CT molecular complexity index is 976. The van der Waals surface area contributed by atoms with Crippen LogP contribution in [0.5, 0.6) is 11.5 Å². The largest absolute Gasteiger partial charge is 0.493 e. The van der Waals surface area contributed by atoms with Crippen molar-refractivity contribution in [1.29, 1.82) is 0 Å². The van der Waals surface area contributed by atoms with Crippen LogP contribution in [-0.2, 0) is 14.6 Å². The second-order valence-corrected chi connectivity index (χ2v) is 9.26. The third-order valence-corrected chi connectivity index (χ3v) is 6.79. The van der Waals surface area contributed by atoms with E-state index in [0.29, 0.717) is 23.6 Å². The number of sulfone groups is 1. The minimum atomic E-state index is -3.12. The number of carbonyl (C=O) groups excluding carboxylic acids is 1. The summed E-state index contributed by atoms with van der Waals surface area (Å²) in [7, 11) is 0.00884. The Morgan fingerprint density at radius 1 is 1.14 bits per heavy atom. The Labute approximate surface area is 171 Å². The van der Waals surface area contributed by atoms with Crippen LogP contribution in [-0.4, -0.2) is 52.6 Å². The fourth-order valence-corrected chi connectivity index (χ4v) is 5.25. The SMILES string of the molecule is COc1cc(C)c(NCC(=O)N(c2ccccc2)[C@@H]2CCS(=O)(=O)C2)cc1OC. The van der Waals surface area contributed by atoms with Gasteiger partial charge in [0.05, 0.1) is 38.3 Å². The van der Waals surface area contributed by atoms with Crippen LogP contribution in [0, 0.1) is 6.92 Å². The molecule has 1 amide bonds. The molecule has 0 unspecified atom stereocenters. The number of ether oxygens (including phenoxy) is 2. The fraction of sp³-hybridized carbons (Fsp3) is 0.381. The predicted octanol–water partition coefficient (Wildman–Crippen LogP) is 2.64. The van der Waals surface area contributed by atoms with Gasteiger partial charge in [0.15, 0.2) is 21.3 Å². The highest BCUT2D eigenvalue weighted by atomic mass is 32.2. The van der Waals surface area contributed by atoms with Gasteiger partial charge in [-0.1, -0.05) is 18.2 Å². The minimum absolute atomic E-state index is 0.0109. The van der Waals surface area contributed by atoms with Gasteiger partial charge >= 0.3 is 0 Å². The molecule has 3 rings (SSSR count). The van der Waals surface area contributed by atoms with E-state index in [0.717, 1.165) is 11.3 Å². The molecule has 1 aliphatic heterocycles. The molecule has 0 saturated carbocycles. The summed E-state index contributed by atoms with van der Waals surface area (Å²) in [6.07, 6.45) is 0.443. The number of aryl methyl sites for hydroxylation is 1. The topological polar surface area (TPSA) is 84.9 Å². The zero-order chi connectivity index (χ0) is 21.0. The number of para-hydroxylation sites is 1. The van der Waals surface area contributed by atoms with Gasteiger partial charge < -0.3 is 19.7 Å². The smallest absolute Gasteiger partial charge is 0.246 e. The zero-order valence-corrected chi connectivity index (χ0v) is 17.7. The first-order valence-corrected chi connectivity index (χ1v) is 11.2. The van der Waals surface area contributed by atoms with Gasteiger partial charge in [-0.2, -0.15) is 0 Å². The number of rotatable bonds is 7. The van der Waals surface area contributed by atoms with Crippen molar-refractivity contribution >= 4 is 27.1 Å². The Balaban J connectivity index is 1.81. The Morgan fingerprint density at radius 2 is 1.79 bits per heavy atom. The molecule has 156 valence electrons. The number of carbonyl (C=O) groups is 1. The molecule has 2 aromatic rings. The number of nitrogens with zero attached hydrogens (tertiary/aromatic N) is 1. The summed E-state index contributed by atoms with van der Waals surface area (Å²) in [6, 6.07) is 12.5. The average Bonchev–Trinajstić information content (AvgIpc) is 3.06. The third kappa shape index (κ3) is 4.82. The summed E-state index contributed by atoms with van der Waals surface area (Å²) < 4.78 is 34.6. The van der Waals surface area contributed by atoms with Gasteiger partial charge in [0, 0.05) is 17.4 Å². The lowest BCUT2D eigenvalue weighted by Gasteiger charge is -2.29. The average molecular weight is 419 g/mol. The predicted molar refractivity (Wildman–Crippen MR) is 114 cm³/mol. The Kier molecular flexibility index (Phi) is 6.32. The van der Waals surface area contributed by atoms with Crippen molar-refractivity contribution in [3.8, 4) is 11.5 Å². The lowest BCUT2D eigenvalue weighted by molar-refractivity contribution is -0.117. The molecule has 1 fully saturated rings. The molecular weight excluding hydrogens is 392 g/mol. The van der Waals surface area contributed by atoms with E-state index in [2.05, 4.69) is 5.32 Å². The first kappa shape index (κ1) is 21.0. The van der Waals surface area contributed by atoms with Gasteiger partial charge in [-0.3, -0.25) is 4.79 Å². The number of hydrogen-bond acceptors (Lipinski definition) is 6. The molecule has 1 heterocycles. The van der Waals surface area contributed by atoms with Crippen LogP contribution >= 0.6 is 0 Å². The monoisotopic (exact) mass is 418 g/mol. The molecule has 0 spiro atoms. The molecule has 0 aromatic heterocycles. The van der Waals surface area contributed by atoms with Crippen LogP contribution in [0.2, 0.25) is 0 Å². The Morgan fingerprint density at radius 3 is 2.38 bits per heavy atom. The molecule has 1 aliphatic rings. The number of methoxy groups -OCH3 is 2. The Hall–Kier alpha value is -2.74. The van der Waals surface area contributed by atoms with E-state index in [1.165, 1.54) is 0 Å². The summed E-state index contributed by atoms with van der Waals surface area (Å²) in [5, 5.41) is 3.16. The molecule has 29 heavy (non-hydrogen) atoms. The summed E-state index contributed by atoms with van der Waals surface area (Å²) in [6.45, 7) is 1.94. The first-order valence-electron chi connectivity index (χ1n) is 9.38. The molecule has 0 radical (unpaired) electrons. The van der Waals surface area contributed by atoms with Crippen molar-refractivity contribution in [3.05, 3.63) is 48.0 Å². The van der Waals surface area contributed by atoms with Crippen molar-refractivity contribution < 1.29 is 22.7 Å². The van der Waals surface area contributed by atoms with Gasteiger partial charge in [0.1, 0.15) is 0 Å². The highest BCUT2D eigenvalue weighted by Crippen LogP contribution is 2.33. The highest BCUT2D eigenvalue weighted by Gasteiger charge is 2.35. The van der Waals surface area contributed by atoms with E-state index in [1.54, 1.807) is 25.2 Å². The quantitative estimate of drug-likeness (QED) is 0.744. The van der Waals surface area contributed by atoms with E-state index in [4.69, 9.17) is 9.47 Å². The van der Waals surface area contributed by atoms with Gasteiger partial charge in [0.25, 0.3) is 0 Å². The number of hydrogen-bond donors (Lipinski definition) is 1.